The molecular formula is C16H22BrN5O. The van der Waals surface area contributed by atoms with Gasteiger partial charge in [0, 0.05) is 31.4 Å². The molecule has 2 aromatic rings. The van der Waals surface area contributed by atoms with Gasteiger partial charge in [0.15, 0.2) is 0 Å². The summed E-state index contributed by atoms with van der Waals surface area (Å²) in [6.45, 7) is 4.07. The highest BCUT2D eigenvalue weighted by atomic mass is 79.9. The van der Waals surface area contributed by atoms with Crippen molar-refractivity contribution in [3.8, 4) is 0 Å². The van der Waals surface area contributed by atoms with Gasteiger partial charge in [-0.25, -0.2) is 4.98 Å². The highest BCUT2D eigenvalue weighted by molar-refractivity contribution is 9.10. The van der Waals surface area contributed by atoms with Crippen LogP contribution in [0.2, 0.25) is 0 Å². The number of aromatic nitrogens is 3. The third-order valence-corrected chi connectivity index (χ3v) is 4.94. The number of hydrogen-bond donors (Lipinski definition) is 0. The molecule has 0 saturated carbocycles. The van der Waals surface area contributed by atoms with Gasteiger partial charge in [-0.05, 0) is 49.8 Å². The van der Waals surface area contributed by atoms with E-state index in [1.54, 1.807) is 0 Å². The summed E-state index contributed by atoms with van der Waals surface area (Å²) < 4.78 is 2.98. The van der Waals surface area contributed by atoms with E-state index in [1.165, 1.54) is 0 Å². The largest absolute Gasteiger partial charge is 0.342 e. The van der Waals surface area contributed by atoms with Crippen molar-refractivity contribution < 1.29 is 4.79 Å². The molecule has 1 aliphatic rings. The average molecular weight is 380 g/mol. The van der Waals surface area contributed by atoms with Crippen LogP contribution < -0.4 is 0 Å². The Labute approximate surface area is 144 Å². The van der Waals surface area contributed by atoms with Gasteiger partial charge in [-0.3, -0.25) is 14.2 Å². The second kappa shape index (κ2) is 6.57. The van der Waals surface area contributed by atoms with Crippen molar-refractivity contribution >= 4 is 27.4 Å². The molecule has 3 heterocycles. The average Bonchev–Trinajstić information content (AvgIpc) is 2.85. The maximum absolute atomic E-state index is 12.2. The zero-order valence-electron chi connectivity index (χ0n) is 13.8. The predicted octanol–water partition coefficient (Wildman–Crippen LogP) is 2.07. The van der Waals surface area contributed by atoms with Crippen LogP contribution >= 0.6 is 15.9 Å². The molecule has 2 aromatic heterocycles. The number of carbonyl (C=O) groups excluding carboxylic acids is 1. The molecule has 23 heavy (non-hydrogen) atoms. The van der Waals surface area contributed by atoms with Crippen LogP contribution in [-0.2, 0) is 4.79 Å². The number of carbonyl (C=O) groups is 1. The molecule has 6 nitrogen and oxygen atoms in total. The SMILES string of the molecule is Cc1nccn2c(C3CCN(C(=O)CN(C)C)CC3)nc(Br)c12. The van der Waals surface area contributed by atoms with E-state index in [0.717, 1.165) is 47.6 Å². The van der Waals surface area contributed by atoms with Gasteiger partial charge in [0.25, 0.3) is 0 Å². The van der Waals surface area contributed by atoms with Crippen LogP contribution in [0.25, 0.3) is 5.52 Å². The van der Waals surface area contributed by atoms with Crippen LogP contribution in [0.3, 0.4) is 0 Å². The summed E-state index contributed by atoms with van der Waals surface area (Å²) in [4.78, 5) is 25.1. The lowest BCUT2D eigenvalue weighted by atomic mass is 9.96. The Morgan fingerprint density at radius 1 is 1.39 bits per heavy atom. The molecule has 124 valence electrons. The Morgan fingerprint density at radius 2 is 2.09 bits per heavy atom. The first-order chi connectivity index (χ1) is 11.0. The Balaban J connectivity index is 1.76. The monoisotopic (exact) mass is 379 g/mol. The maximum Gasteiger partial charge on any atom is 0.236 e. The van der Waals surface area contributed by atoms with Crippen molar-refractivity contribution in [1.82, 2.24) is 24.2 Å². The van der Waals surface area contributed by atoms with Crippen molar-refractivity contribution in [1.29, 1.82) is 0 Å². The smallest absolute Gasteiger partial charge is 0.236 e. The number of rotatable bonds is 3. The normalized spacial score (nSPS) is 16.5. The van der Waals surface area contributed by atoms with Crippen molar-refractivity contribution in [2.75, 3.05) is 33.7 Å². The number of piperidine rings is 1. The van der Waals surface area contributed by atoms with E-state index >= 15 is 0 Å². The first-order valence-corrected chi connectivity index (χ1v) is 8.68. The van der Waals surface area contributed by atoms with Gasteiger partial charge in [0.05, 0.1) is 12.2 Å². The molecule has 0 N–H and O–H groups in total. The molecule has 0 aromatic carbocycles. The fourth-order valence-corrected chi connectivity index (χ4v) is 3.87. The van der Waals surface area contributed by atoms with E-state index < -0.39 is 0 Å². The molecule has 0 radical (unpaired) electrons. The zero-order valence-corrected chi connectivity index (χ0v) is 15.4. The molecule has 3 rings (SSSR count). The van der Waals surface area contributed by atoms with E-state index in [-0.39, 0.29) is 5.91 Å². The van der Waals surface area contributed by atoms with Crippen molar-refractivity contribution in [3.05, 3.63) is 28.5 Å². The fraction of sp³-hybridized carbons (Fsp3) is 0.562. The molecule has 1 amide bonds. The van der Waals surface area contributed by atoms with Gasteiger partial charge in [-0.15, -0.1) is 0 Å². The fourth-order valence-electron chi connectivity index (χ4n) is 3.21. The third kappa shape index (κ3) is 3.26. The van der Waals surface area contributed by atoms with E-state index in [1.807, 2.05) is 43.2 Å². The molecule has 1 saturated heterocycles. The number of halogens is 1. The molecule has 0 aliphatic carbocycles. The standard InChI is InChI=1S/C16H22BrN5O/c1-11-14-15(17)19-16(22(14)9-6-18-11)12-4-7-21(8-5-12)13(23)10-20(2)3/h6,9,12H,4-5,7-8,10H2,1-3H3. The van der Waals surface area contributed by atoms with Crippen LogP contribution in [0.5, 0.6) is 0 Å². The number of hydrogen-bond acceptors (Lipinski definition) is 4. The maximum atomic E-state index is 12.2. The number of likely N-dealkylation sites (N-methyl/N-ethyl adjacent to an activating group) is 1. The van der Waals surface area contributed by atoms with Gasteiger partial charge in [0.2, 0.25) is 5.91 Å². The highest BCUT2D eigenvalue weighted by Gasteiger charge is 2.27. The minimum atomic E-state index is 0.211. The van der Waals surface area contributed by atoms with Crippen LogP contribution in [0.1, 0.15) is 30.3 Å². The van der Waals surface area contributed by atoms with Gasteiger partial charge < -0.3 is 9.80 Å². The van der Waals surface area contributed by atoms with Crippen LogP contribution in [0.4, 0.5) is 0 Å². The molecule has 7 heteroatoms. The first kappa shape index (κ1) is 16.4. The molecular weight excluding hydrogens is 358 g/mol. The zero-order chi connectivity index (χ0) is 16.6. The Kier molecular flexibility index (Phi) is 4.68. The lowest BCUT2D eigenvalue weighted by molar-refractivity contribution is -0.132. The van der Waals surface area contributed by atoms with E-state index in [4.69, 9.17) is 4.98 Å². The van der Waals surface area contributed by atoms with Gasteiger partial charge >= 0.3 is 0 Å². The number of fused-ring (bicyclic) bond motifs is 1. The lowest BCUT2D eigenvalue weighted by Crippen LogP contribution is -2.42. The topological polar surface area (TPSA) is 53.7 Å². The number of imidazole rings is 1. The van der Waals surface area contributed by atoms with Crippen molar-refractivity contribution in [3.63, 3.8) is 0 Å². The number of amides is 1. The Morgan fingerprint density at radius 3 is 2.74 bits per heavy atom. The highest BCUT2D eigenvalue weighted by Crippen LogP contribution is 2.31. The molecule has 0 unspecified atom stereocenters. The summed E-state index contributed by atoms with van der Waals surface area (Å²) in [5.41, 5.74) is 2.00. The summed E-state index contributed by atoms with van der Waals surface area (Å²) in [5.74, 6) is 1.65. The van der Waals surface area contributed by atoms with Gasteiger partial charge in [-0.2, -0.15) is 0 Å². The predicted molar refractivity (Wildman–Crippen MR) is 92.5 cm³/mol. The molecule has 1 aliphatic heterocycles. The van der Waals surface area contributed by atoms with E-state index in [9.17, 15) is 4.79 Å². The van der Waals surface area contributed by atoms with E-state index in [0.29, 0.717) is 12.5 Å². The second-order valence-corrected chi connectivity index (χ2v) is 7.14. The summed E-state index contributed by atoms with van der Waals surface area (Å²) in [7, 11) is 3.85. The Bertz CT molecular complexity index is 719. The van der Waals surface area contributed by atoms with Crippen molar-refractivity contribution in [2.45, 2.75) is 25.7 Å². The number of aryl methyl sites for hydroxylation is 1. The molecule has 0 bridgehead atoms. The summed E-state index contributed by atoms with van der Waals surface area (Å²) >= 11 is 3.56. The molecule has 1 fully saturated rings. The first-order valence-electron chi connectivity index (χ1n) is 7.89. The minimum absolute atomic E-state index is 0.211. The number of nitrogens with zero attached hydrogens (tertiary/aromatic N) is 5. The second-order valence-electron chi connectivity index (χ2n) is 6.38. The van der Waals surface area contributed by atoms with Crippen LogP contribution in [0.15, 0.2) is 17.0 Å². The van der Waals surface area contributed by atoms with Crippen LogP contribution in [-0.4, -0.2) is 63.8 Å². The summed E-state index contributed by atoms with van der Waals surface area (Å²) in [6, 6.07) is 0. The van der Waals surface area contributed by atoms with Crippen molar-refractivity contribution in [2.24, 2.45) is 0 Å². The lowest BCUT2D eigenvalue weighted by Gasteiger charge is -2.32. The van der Waals surface area contributed by atoms with Gasteiger partial charge in [0.1, 0.15) is 15.9 Å². The quantitative estimate of drug-likeness (QED) is 0.818. The number of likely N-dealkylation sites (tertiary alicyclic amines) is 1. The third-order valence-electron chi connectivity index (χ3n) is 4.39. The Hall–Kier alpha value is -1.47. The molecule has 0 spiro atoms. The summed E-state index contributed by atoms with van der Waals surface area (Å²) in [5, 5.41) is 0. The van der Waals surface area contributed by atoms with E-state index in [2.05, 4.69) is 25.3 Å². The summed E-state index contributed by atoms with van der Waals surface area (Å²) in [6.07, 6.45) is 5.69. The minimum Gasteiger partial charge on any atom is -0.342 e. The van der Waals surface area contributed by atoms with Gasteiger partial charge in [-0.1, -0.05) is 0 Å². The molecule has 0 atom stereocenters. The van der Waals surface area contributed by atoms with Crippen LogP contribution in [0, 0.1) is 6.92 Å².